The van der Waals surface area contributed by atoms with Crippen LogP contribution < -0.4 is 5.32 Å². The molecule has 1 amide bonds. The molecule has 32 heavy (non-hydrogen) atoms. The summed E-state index contributed by atoms with van der Waals surface area (Å²) < 4.78 is 1.99. The van der Waals surface area contributed by atoms with E-state index in [-0.39, 0.29) is 11.9 Å². The largest absolute Gasteiger partial charge is 0.342 e. The SMILES string of the molecule is Cc1ccc(-c2cnc3c(-c4c(C)n[nH]c4C)cc(C(=O)N[C@@H](C)c4ncn[nH]4)cn23)s1. The average Bonchev–Trinajstić information content (AvgIpc) is 3.55. The fourth-order valence-electron chi connectivity index (χ4n) is 3.87. The molecule has 0 aliphatic rings. The molecule has 162 valence electrons. The summed E-state index contributed by atoms with van der Waals surface area (Å²) in [7, 11) is 0. The van der Waals surface area contributed by atoms with Crippen molar-refractivity contribution < 1.29 is 4.79 Å². The smallest absolute Gasteiger partial charge is 0.253 e. The van der Waals surface area contributed by atoms with Crippen molar-refractivity contribution in [1.82, 2.24) is 40.1 Å². The monoisotopic (exact) mass is 446 g/mol. The molecular formula is C22H22N8OS. The number of hydrogen-bond acceptors (Lipinski definition) is 6. The van der Waals surface area contributed by atoms with E-state index in [9.17, 15) is 4.79 Å². The topological polar surface area (TPSA) is 117 Å². The lowest BCUT2D eigenvalue weighted by atomic mass is 10.0. The van der Waals surface area contributed by atoms with E-state index in [1.807, 2.05) is 43.6 Å². The van der Waals surface area contributed by atoms with Crippen molar-refractivity contribution in [2.75, 3.05) is 0 Å². The summed E-state index contributed by atoms with van der Waals surface area (Å²) in [5.41, 5.74) is 5.82. The molecule has 0 unspecified atom stereocenters. The van der Waals surface area contributed by atoms with Crippen molar-refractivity contribution in [1.29, 1.82) is 0 Å². The molecule has 5 aromatic heterocycles. The second-order valence-electron chi connectivity index (χ2n) is 7.76. The third kappa shape index (κ3) is 3.38. The van der Waals surface area contributed by atoms with E-state index in [1.54, 1.807) is 11.3 Å². The van der Waals surface area contributed by atoms with Gasteiger partial charge in [-0.2, -0.15) is 10.2 Å². The zero-order chi connectivity index (χ0) is 22.4. The van der Waals surface area contributed by atoms with Crippen molar-refractivity contribution in [3.8, 4) is 21.7 Å². The average molecular weight is 447 g/mol. The number of carbonyl (C=O) groups is 1. The molecule has 0 aromatic carbocycles. The number of fused-ring (bicyclic) bond motifs is 1. The van der Waals surface area contributed by atoms with Crippen molar-refractivity contribution >= 4 is 22.9 Å². The van der Waals surface area contributed by atoms with Crippen molar-refractivity contribution in [2.24, 2.45) is 0 Å². The number of nitrogens with one attached hydrogen (secondary N) is 3. The summed E-state index contributed by atoms with van der Waals surface area (Å²) in [6.07, 6.45) is 5.12. The van der Waals surface area contributed by atoms with Crippen LogP contribution in [0.4, 0.5) is 0 Å². The number of aromatic nitrogens is 7. The molecule has 10 heteroatoms. The molecule has 9 nitrogen and oxygen atoms in total. The number of imidazole rings is 1. The number of carbonyl (C=O) groups excluding carboxylic acids is 1. The highest BCUT2D eigenvalue weighted by molar-refractivity contribution is 7.15. The predicted molar refractivity (Wildman–Crippen MR) is 123 cm³/mol. The number of aryl methyl sites for hydroxylation is 3. The Balaban J connectivity index is 1.66. The van der Waals surface area contributed by atoms with Gasteiger partial charge in [-0.15, -0.1) is 11.3 Å². The van der Waals surface area contributed by atoms with Crippen LogP contribution in [-0.4, -0.2) is 40.7 Å². The summed E-state index contributed by atoms with van der Waals surface area (Å²) in [6.45, 7) is 7.85. The Morgan fingerprint density at radius 1 is 1.19 bits per heavy atom. The molecule has 5 rings (SSSR count). The van der Waals surface area contributed by atoms with Crippen molar-refractivity contribution in [3.05, 3.63) is 64.6 Å². The van der Waals surface area contributed by atoms with Crippen LogP contribution in [-0.2, 0) is 0 Å². The maximum Gasteiger partial charge on any atom is 0.253 e. The number of H-pyrrole nitrogens is 2. The first-order valence-corrected chi connectivity index (χ1v) is 11.0. The van der Waals surface area contributed by atoms with E-state index in [1.165, 1.54) is 11.2 Å². The fraction of sp³-hybridized carbons (Fsp3) is 0.227. The molecule has 0 bridgehead atoms. The van der Waals surface area contributed by atoms with E-state index < -0.39 is 0 Å². The second kappa shape index (κ2) is 7.72. The van der Waals surface area contributed by atoms with Crippen LogP contribution in [0.5, 0.6) is 0 Å². The van der Waals surface area contributed by atoms with Gasteiger partial charge in [0.2, 0.25) is 0 Å². The Labute approximate surface area is 187 Å². The summed E-state index contributed by atoms with van der Waals surface area (Å²) in [6, 6.07) is 5.72. The van der Waals surface area contributed by atoms with Gasteiger partial charge < -0.3 is 5.32 Å². The lowest BCUT2D eigenvalue weighted by Gasteiger charge is -2.13. The third-order valence-corrected chi connectivity index (χ3v) is 6.47. The minimum Gasteiger partial charge on any atom is -0.342 e. The van der Waals surface area contributed by atoms with Crippen LogP contribution in [0.3, 0.4) is 0 Å². The van der Waals surface area contributed by atoms with E-state index in [0.29, 0.717) is 11.4 Å². The number of amides is 1. The van der Waals surface area contributed by atoms with E-state index in [0.717, 1.165) is 38.7 Å². The van der Waals surface area contributed by atoms with E-state index >= 15 is 0 Å². The lowest BCUT2D eigenvalue weighted by Crippen LogP contribution is -2.27. The molecule has 0 spiro atoms. The van der Waals surface area contributed by atoms with Crippen molar-refractivity contribution in [2.45, 2.75) is 33.7 Å². The third-order valence-electron chi connectivity index (χ3n) is 5.45. The van der Waals surface area contributed by atoms with Crippen LogP contribution in [0.15, 0.2) is 36.9 Å². The summed E-state index contributed by atoms with van der Waals surface area (Å²) in [5, 5.41) is 17.0. The number of thiophene rings is 1. The van der Waals surface area contributed by atoms with Gasteiger partial charge in [0.25, 0.3) is 5.91 Å². The molecule has 0 saturated carbocycles. The molecule has 5 heterocycles. The van der Waals surface area contributed by atoms with Gasteiger partial charge in [0.1, 0.15) is 17.8 Å². The molecule has 5 aromatic rings. The van der Waals surface area contributed by atoms with Gasteiger partial charge in [-0.25, -0.2) is 9.97 Å². The number of rotatable bonds is 5. The van der Waals surface area contributed by atoms with Gasteiger partial charge in [0, 0.05) is 27.9 Å². The summed E-state index contributed by atoms with van der Waals surface area (Å²) in [4.78, 5) is 24.4. The number of hydrogen-bond donors (Lipinski definition) is 3. The highest BCUT2D eigenvalue weighted by Gasteiger charge is 2.21. The lowest BCUT2D eigenvalue weighted by molar-refractivity contribution is 0.0938. The summed E-state index contributed by atoms with van der Waals surface area (Å²) >= 11 is 1.69. The minimum atomic E-state index is -0.316. The highest BCUT2D eigenvalue weighted by atomic mass is 32.1. The normalized spacial score (nSPS) is 12.4. The number of aromatic amines is 2. The zero-order valence-corrected chi connectivity index (χ0v) is 18.9. The Hall–Kier alpha value is -3.79. The Morgan fingerprint density at radius 3 is 2.69 bits per heavy atom. The number of pyridine rings is 1. The zero-order valence-electron chi connectivity index (χ0n) is 18.1. The van der Waals surface area contributed by atoms with Crippen LogP contribution in [0.1, 0.15) is 45.4 Å². The maximum absolute atomic E-state index is 13.2. The van der Waals surface area contributed by atoms with Crippen molar-refractivity contribution in [3.63, 3.8) is 0 Å². The van der Waals surface area contributed by atoms with Gasteiger partial charge in [0.05, 0.1) is 34.1 Å². The van der Waals surface area contributed by atoms with E-state index in [4.69, 9.17) is 4.98 Å². The molecule has 0 fully saturated rings. The number of nitrogens with zero attached hydrogens (tertiary/aromatic N) is 5. The van der Waals surface area contributed by atoms with Crippen LogP contribution in [0.2, 0.25) is 0 Å². The van der Waals surface area contributed by atoms with Gasteiger partial charge in [0.15, 0.2) is 0 Å². The molecule has 1 atom stereocenters. The highest BCUT2D eigenvalue weighted by Crippen LogP contribution is 2.34. The fourth-order valence-corrected chi connectivity index (χ4v) is 4.74. The molecule has 0 radical (unpaired) electrons. The van der Waals surface area contributed by atoms with E-state index in [2.05, 4.69) is 49.8 Å². The first-order chi connectivity index (χ1) is 15.4. The molecule has 0 saturated heterocycles. The first-order valence-electron chi connectivity index (χ1n) is 10.2. The second-order valence-corrected chi connectivity index (χ2v) is 9.05. The van der Waals surface area contributed by atoms with Gasteiger partial charge in [-0.1, -0.05) is 0 Å². The van der Waals surface area contributed by atoms with Gasteiger partial charge >= 0.3 is 0 Å². The maximum atomic E-state index is 13.2. The standard InChI is InChI=1S/C22H22N8OS/c1-11-5-6-18(32-11)17-8-23-21-16(19-12(2)27-28-13(19)3)7-15(9-30(17)21)22(31)26-14(4)20-24-10-25-29-20/h5-10,14H,1-4H3,(H,26,31)(H,27,28)(H,24,25,29)/t14-/m0/s1. The Bertz CT molecular complexity index is 1410. The summed E-state index contributed by atoms with van der Waals surface area (Å²) in [5.74, 6) is 0.386. The van der Waals surface area contributed by atoms with Gasteiger partial charge in [-0.3, -0.25) is 19.4 Å². The minimum absolute atomic E-state index is 0.210. The Morgan fingerprint density at radius 2 is 2.03 bits per heavy atom. The van der Waals surface area contributed by atoms with Crippen LogP contribution >= 0.6 is 11.3 Å². The quantitative estimate of drug-likeness (QED) is 0.377. The predicted octanol–water partition coefficient (Wildman–Crippen LogP) is 3.99. The molecule has 0 aliphatic heterocycles. The molecule has 3 N–H and O–H groups in total. The molecular weight excluding hydrogens is 424 g/mol. The molecule has 0 aliphatic carbocycles. The first kappa shape index (κ1) is 20.1. The van der Waals surface area contributed by atoms with Crippen LogP contribution in [0.25, 0.3) is 27.3 Å². The van der Waals surface area contributed by atoms with Crippen LogP contribution in [0, 0.1) is 20.8 Å². The van der Waals surface area contributed by atoms with Gasteiger partial charge in [-0.05, 0) is 45.9 Å². The Kier molecular flexibility index (Phi) is 4.86.